The number of halogens is 3. The second kappa shape index (κ2) is 7.14. The number of likely N-dealkylation sites (N-methyl/N-ethyl adjacent to an activating group) is 1. The van der Waals surface area contributed by atoms with Gasteiger partial charge in [-0.05, 0) is 13.3 Å². The van der Waals surface area contributed by atoms with E-state index in [2.05, 4.69) is 4.98 Å². The summed E-state index contributed by atoms with van der Waals surface area (Å²) in [6, 6.07) is 1.35. The van der Waals surface area contributed by atoms with Crippen LogP contribution in [0.3, 0.4) is 0 Å². The molecule has 1 aliphatic rings. The van der Waals surface area contributed by atoms with Crippen molar-refractivity contribution in [2.24, 2.45) is 5.73 Å². The predicted octanol–water partition coefficient (Wildman–Crippen LogP) is 1.67. The number of nitrogens with two attached hydrogens (primary N) is 1. The zero-order valence-electron chi connectivity index (χ0n) is 14.8. The molecule has 2 aromatic rings. The van der Waals surface area contributed by atoms with E-state index in [0.717, 1.165) is 12.1 Å². The maximum atomic E-state index is 13.8. The number of hydrogen-bond acceptors (Lipinski definition) is 4. The fourth-order valence-electron chi connectivity index (χ4n) is 3.07. The minimum absolute atomic E-state index is 0.0773. The predicted molar refractivity (Wildman–Crippen MR) is 92.7 cm³/mol. The summed E-state index contributed by atoms with van der Waals surface area (Å²) in [5.74, 6) is -1.85. The van der Waals surface area contributed by atoms with Crippen LogP contribution in [-0.2, 0) is 11.3 Å². The zero-order valence-corrected chi connectivity index (χ0v) is 14.8. The number of aromatic nitrogens is 2. The van der Waals surface area contributed by atoms with E-state index in [-0.39, 0.29) is 30.9 Å². The SMILES string of the molecule is CCN(C)C(=O)Cn1c(N2CC[C@@H](F)[C@H](N)C2)nc2cc(F)c(F)cc21. The molecule has 0 saturated carbocycles. The number of carbonyl (C=O) groups is 1. The van der Waals surface area contributed by atoms with Crippen LogP contribution in [0.4, 0.5) is 19.1 Å². The Morgan fingerprint density at radius 1 is 1.38 bits per heavy atom. The van der Waals surface area contributed by atoms with Crippen LogP contribution in [0, 0.1) is 11.6 Å². The molecule has 0 bridgehead atoms. The van der Waals surface area contributed by atoms with Crippen LogP contribution < -0.4 is 10.6 Å². The van der Waals surface area contributed by atoms with Gasteiger partial charge < -0.3 is 20.1 Å². The van der Waals surface area contributed by atoms with Gasteiger partial charge in [-0.25, -0.2) is 18.2 Å². The number of benzene rings is 1. The summed E-state index contributed by atoms with van der Waals surface area (Å²) in [7, 11) is 1.66. The molecule has 0 aliphatic carbocycles. The van der Waals surface area contributed by atoms with Crippen molar-refractivity contribution in [3.63, 3.8) is 0 Å². The summed E-state index contributed by atoms with van der Waals surface area (Å²) in [6.07, 6.45) is -0.873. The number of anilines is 1. The van der Waals surface area contributed by atoms with Crippen molar-refractivity contribution in [2.75, 3.05) is 31.6 Å². The number of amides is 1. The third kappa shape index (κ3) is 3.35. The van der Waals surface area contributed by atoms with Gasteiger partial charge in [-0.1, -0.05) is 0 Å². The molecule has 1 aliphatic heterocycles. The van der Waals surface area contributed by atoms with Crippen molar-refractivity contribution in [3.05, 3.63) is 23.8 Å². The summed E-state index contributed by atoms with van der Waals surface area (Å²) >= 11 is 0. The van der Waals surface area contributed by atoms with Crippen LogP contribution in [0.25, 0.3) is 11.0 Å². The van der Waals surface area contributed by atoms with Crippen molar-refractivity contribution in [3.8, 4) is 0 Å². The number of alkyl halides is 1. The molecule has 1 fully saturated rings. The standard InChI is InChI=1S/C17H22F3N5O/c1-3-23(2)16(26)9-25-15-7-12(20)11(19)6-14(15)22-17(25)24-5-4-10(18)13(21)8-24/h6-7,10,13H,3-5,8-9,21H2,1-2H3/t10-,13-/m1/s1. The van der Waals surface area contributed by atoms with Crippen molar-refractivity contribution >= 4 is 22.9 Å². The maximum Gasteiger partial charge on any atom is 0.242 e. The highest BCUT2D eigenvalue weighted by Gasteiger charge is 2.30. The van der Waals surface area contributed by atoms with E-state index < -0.39 is 23.8 Å². The largest absolute Gasteiger partial charge is 0.344 e. The van der Waals surface area contributed by atoms with Crippen LogP contribution in [-0.4, -0.2) is 59.3 Å². The molecule has 1 saturated heterocycles. The number of piperidine rings is 1. The number of rotatable bonds is 4. The molecule has 142 valence electrons. The van der Waals surface area contributed by atoms with Crippen molar-refractivity contribution in [1.29, 1.82) is 0 Å². The fraction of sp³-hybridized carbons (Fsp3) is 0.529. The Morgan fingerprint density at radius 3 is 2.73 bits per heavy atom. The van der Waals surface area contributed by atoms with Crippen molar-refractivity contribution < 1.29 is 18.0 Å². The Bertz CT molecular complexity index is 824. The molecule has 1 aromatic carbocycles. The van der Waals surface area contributed by atoms with E-state index in [4.69, 9.17) is 5.73 Å². The first kappa shape index (κ1) is 18.5. The highest BCUT2D eigenvalue weighted by Crippen LogP contribution is 2.27. The van der Waals surface area contributed by atoms with E-state index in [1.165, 1.54) is 9.47 Å². The smallest absolute Gasteiger partial charge is 0.242 e. The number of fused-ring (bicyclic) bond motifs is 1. The van der Waals surface area contributed by atoms with Gasteiger partial charge in [0.1, 0.15) is 12.7 Å². The lowest BCUT2D eigenvalue weighted by molar-refractivity contribution is -0.130. The molecule has 3 rings (SSSR count). The highest BCUT2D eigenvalue weighted by atomic mass is 19.2. The van der Waals surface area contributed by atoms with Crippen molar-refractivity contribution in [2.45, 2.75) is 32.1 Å². The minimum atomic E-state index is -1.10. The second-order valence-corrected chi connectivity index (χ2v) is 6.58. The molecule has 0 radical (unpaired) electrons. The van der Waals surface area contributed by atoms with E-state index in [0.29, 0.717) is 24.6 Å². The van der Waals surface area contributed by atoms with Crippen molar-refractivity contribution in [1.82, 2.24) is 14.5 Å². The van der Waals surface area contributed by atoms with E-state index in [1.807, 2.05) is 6.92 Å². The number of nitrogens with zero attached hydrogens (tertiary/aromatic N) is 4. The Labute approximate surface area is 149 Å². The van der Waals surface area contributed by atoms with Gasteiger partial charge in [-0.3, -0.25) is 4.79 Å². The molecular formula is C17H22F3N5O. The summed E-state index contributed by atoms with van der Waals surface area (Å²) in [5.41, 5.74) is 6.37. The molecule has 0 spiro atoms. The number of imidazole rings is 1. The topological polar surface area (TPSA) is 67.4 Å². The Kier molecular flexibility index (Phi) is 5.08. The van der Waals surface area contributed by atoms with Gasteiger partial charge in [0.2, 0.25) is 11.9 Å². The first-order valence-electron chi connectivity index (χ1n) is 8.55. The lowest BCUT2D eigenvalue weighted by Gasteiger charge is -2.34. The summed E-state index contributed by atoms with van der Waals surface area (Å²) < 4.78 is 42.6. The Balaban J connectivity index is 2.06. The van der Waals surface area contributed by atoms with Gasteiger partial charge in [0.05, 0.1) is 17.1 Å². The quantitative estimate of drug-likeness (QED) is 0.890. The summed E-state index contributed by atoms with van der Waals surface area (Å²) in [4.78, 5) is 20.0. The van der Waals surface area contributed by atoms with Crippen LogP contribution in [0.15, 0.2) is 12.1 Å². The Morgan fingerprint density at radius 2 is 2.08 bits per heavy atom. The molecular weight excluding hydrogens is 347 g/mol. The lowest BCUT2D eigenvalue weighted by atomic mass is 10.1. The average molecular weight is 369 g/mol. The third-order valence-corrected chi connectivity index (χ3v) is 4.82. The molecule has 1 amide bonds. The number of hydrogen-bond donors (Lipinski definition) is 1. The first-order chi connectivity index (χ1) is 12.3. The van der Waals surface area contributed by atoms with Crippen LogP contribution in [0.2, 0.25) is 0 Å². The minimum Gasteiger partial charge on any atom is -0.344 e. The maximum absolute atomic E-state index is 13.8. The van der Waals surface area contributed by atoms with Gasteiger partial charge in [0.25, 0.3) is 0 Å². The fourth-order valence-corrected chi connectivity index (χ4v) is 3.07. The monoisotopic (exact) mass is 369 g/mol. The average Bonchev–Trinajstić information content (AvgIpc) is 2.94. The zero-order chi connectivity index (χ0) is 19.0. The lowest BCUT2D eigenvalue weighted by Crippen LogP contribution is -2.50. The molecule has 2 heterocycles. The van der Waals surface area contributed by atoms with Gasteiger partial charge in [-0.2, -0.15) is 0 Å². The highest BCUT2D eigenvalue weighted by molar-refractivity contribution is 5.83. The van der Waals surface area contributed by atoms with Crippen LogP contribution in [0.1, 0.15) is 13.3 Å². The third-order valence-electron chi connectivity index (χ3n) is 4.82. The van der Waals surface area contributed by atoms with E-state index in [1.54, 1.807) is 11.9 Å². The molecule has 6 nitrogen and oxygen atoms in total. The first-order valence-corrected chi connectivity index (χ1v) is 8.55. The van der Waals surface area contributed by atoms with Crippen LogP contribution >= 0.6 is 0 Å². The molecule has 26 heavy (non-hydrogen) atoms. The Hall–Kier alpha value is -2.29. The van der Waals surface area contributed by atoms with Gasteiger partial charge in [0, 0.05) is 38.8 Å². The normalized spacial score (nSPS) is 20.6. The molecule has 2 N–H and O–H groups in total. The summed E-state index contributed by atoms with van der Waals surface area (Å²) in [6.45, 7) is 2.85. The summed E-state index contributed by atoms with van der Waals surface area (Å²) in [5, 5.41) is 0. The van der Waals surface area contributed by atoms with Gasteiger partial charge >= 0.3 is 0 Å². The molecule has 1 aromatic heterocycles. The number of carbonyl (C=O) groups excluding carboxylic acids is 1. The second-order valence-electron chi connectivity index (χ2n) is 6.58. The molecule has 2 atom stereocenters. The molecule has 0 unspecified atom stereocenters. The van der Waals surface area contributed by atoms with Crippen LogP contribution in [0.5, 0.6) is 0 Å². The van der Waals surface area contributed by atoms with Gasteiger partial charge in [-0.15, -0.1) is 0 Å². The van der Waals surface area contributed by atoms with E-state index in [9.17, 15) is 18.0 Å². The molecule has 9 heteroatoms. The van der Waals surface area contributed by atoms with Gasteiger partial charge in [0.15, 0.2) is 11.6 Å². The van der Waals surface area contributed by atoms with E-state index >= 15 is 0 Å².